The van der Waals surface area contributed by atoms with E-state index in [0.717, 1.165) is 41.5 Å². The lowest BCUT2D eigenvalue weighted by Crippen LogP contribution is -2.15. The van der Waals surface area contributed by atoms with Crippen molar-refractivity contribution in [1.29, 1.82) is 0 Å². The van der Waals surface area contributed by atoms with Crippen LogP contribution < -0.4 is 10.1 Å². The first kappa shape index (κ1) is 25.8. The van der Waals surface area contributed by atoms with Gasteiger partial charge in [-0.25, -0.2) is 0 Å². The number of benzene rings is 4. The monoisotopic (exact) mass is 515 g/mol. The van der Waals surface area contributed by atoms with Gasteiger partial charge in [0.2, 0.25) is 0 Å². The van der Waals surface area contributed by atoms with Gasteiger partial charge in [-0.15, -0.1) is 0 Å². The Hall–Kier alpha value is -4.27. The normalized spacial score (nSPS) is 11.7. The zero-order chi connectivity index (χ0) is 26.6. The van der Waals surface area contributed by atoms with Crippen LogP contribution in [-0.4, -0.2) is 5.91 Å². The van der Waals surface area contributed by atoms with Crippen LogP contribution >= 0.6 is 0 Å². The molecule has 0 radical (unpaired) electrons. The van der Waals surface area contributed by atoms with Gasteiger partial charge in [0.05, 0.1) is 16.8 Å². The molecule has 0 aromatic heterocycles. The van der Waals surface area contributed by atoms with Gasteiger partial charge >= 0.3 is 12.4 Å². The van der Waals surface area contributed by atoms with E-state index in [2.05, 4.69) is 5.32 Å². The lowest BCUT2D eigenvalue weighted by Gasteiger charge is -2.17. The van der Waals surface area contributed by atoms with Crippen molar-refractivity contribution in [1.82, 2.24) is 0 Å². The molecule has 0 saturated carbocycles. The molecule has 0 atom stereocenters. The summed E-state index contributed by atoms with van der Waals surface area (Å²) in [6.07, 6.45) is -8.94. The largest absolute Gasteiger partial charge is 0.455 e. The van der Waals surface area contributed by atoms with Crippen LogP contribution in [0.3, 0.4) is 0 Å². The summed E-state index contributed by atoms with van der Waals surface area (Å²) in [5.74, 6) is -0.776. The molecule has 0 bridgehead atoms. The minimum atomic E-state index is -4.72. The molecule has 37 heavy (non-hydrogen) atoms. The minimum absolute atomic E-state index is 0.103. The van der Waals surface area contributed by atoms with Crippen LogP contribution in [0.15, 0.2) is 97.1 Å². The third kappa shape index (κ3) is 6.49. The highest BCUT2D eigenvalue weighted by Crippen LogP contribution is 2.38. The predicted molar refractivity (Wildman–Crippen MR) is 127 cm³/mol. The molecule has 190 valence electrons. The minimum Gasteiger partial charge on any atom is -0.455 e. The van der Waals surface area contributed by atoms with Crippen molar-refractivity contribution < 1.29 is 35.9 Å². The average Bonchev–Trinajstić information content (AvgIpc) is 2.86. The number of carbonyl (C=O) groups is 1. The molecule has 4 aromatic carbocycles. The molecule has 0 heterocycles. The second-order valence-corrected chi connectivity index (χ2v) is 8.11. The Morgan fingerprint density at radius 2 is 1.32 bits per heavy atom. The van der Waals surface area contributed by atoms with Crippen molar-refractivity contribution in [3.05, 3.63) is 125 Å². The topological polar surface area (TPSA) is 38.3 Å². The highest BCUT2D eigenvalue weighted by Gasteiger charge is 2.32. The van der Waals surface area contributed by atoms with Crippen LogP contribution in [0, 0.1) is 0 Å². The van der Waals surface area contributed by atoms with Crippen LogP contribution in [0.4, 0.5) is 32.0 Å². The summed E-state index contributed by atoms with van der Waals surface area (Å²) >= 11 is 0. The SMILES string of the molecule is O=C(Nc1cc(C(F)(F)F)ccc1Oc1ccccc1Cc1ccccc1)c1cccc(C(F)(F)F)c1. The number of para-hydroxylation sites is 1. The Bertz CT molecular complexity index is 1400. The highest BCUT2D eigenvalue weighted by molar-refractivity contribution is 6.05. The molecule has 9 heteroatoms. The summed E-state index contributed by atoms with van der Waals surface area (Å²) < 4.78 is 85.3. The van der Waals surface area contributed by atoms with E-state index in [1.165, 1.54) is 0 Å². The number of halogens is 6. The number of hydrogen-bond donors (Lipinski definition) is 1. The molecule has 4 rings (SSSR count). The maximum atomic E-state index is 13.4. The zero-order valence-corrected chi connectivity index (χ0v) is 19.0. The van der Waals surface area contributed by atoms with Crippen molar-refractivity contribution in [3.63, 3.8) is 0 Å². The van der Waals surface area contributed by atoms with Gasteiger partial charge in [0.1, 0.15) is 5.75 Å². The summed E-state index contributed by atoms with van der Waals surface area (Å²) in [5.41, 5.74) is -1.12. The first-order valence-electron chi connectivity index (χ1n) is 11.0. The number of alkyl halides is 6. The molecule has 0 unspecified atom stereocenters. The van der Waals surface area contributed by atoms with Gasteiger partial charge < -0.3 is 10.1 Å². The lowest BCUT2D eigenvalue weighted by atomic mass is 10.0. The van der Waals surface area contributed by atoms with Gasteiger partial charge in [-0.05, 0) is 53.6 Å². The lowest BCUT2D eigenvalue weighted by molar-refractivity contribution is -0.138. The summed E-state index contributed by atoms with van der Waals surface area (Å²) in [7, 11) is 0. The third-order valence-electron chi connectivity index (χ3n) is 5.44. The van der Waals surface area contributed by atoms with E-state index in [9.17, 15) is 31.1 Å². The standard InChI is InChI=1S/C28H19F6NO2/c29-27(30,31)21-11-6-10-20(16-21)26(36)35-23-17-22(28(32,33)34)13-14-25(23)37-24-12-5-4-9-19(24)15-18-7-2-1-3-8-18/h1-14,16-17H,15H2,(H,35,36). The van der Waals surface area contributed by atoms with Gasteiger partial charge in [0.25, 0.3) is 5.91 Å². The van der Waals surface area contributed by atoms with E-state index in [0.29, 0.717) is 24.3 Å². The third-order valence-corrected chi connectivity index (χ3v) is 5.44. The van der Waals surface area contributed by atoms with E-state index in [-0.39, 0.29) is 17.0 Å². The summed E-state index contributed by atoms with van der Waals surface area (Å²) in [5, 5.41) is 2.28. The number of ether oxygens (including phenoxy) is 1. The van der Waals surface area contributed by atoms with Crippen molar-refractivity contribution in [2.75, 3.05) is 5.32 Å². The van der Waals surface area contributed by atoms with Crippen molar-refractivity contribution in [2.24, 2.45) is 0 Å². The highest BCUT2D eigenvalue weighted by atomic mass is 19.4. The molecule has 0 fully saturated rings. The summed E-state index contributed by atoms with van der Waals surface area (Å²) in [4.78, 5) is 12.8. The quantitative estimate of drug-likeness (QED) is 0.262. The molecular formula is C28H19F6NO2. The number of nitrogens with one attached hydrogen (secondary N) is 1. The smallest absolute Gasteiger partial charge is 0.416 e. The van der Waals surface area contributed by atoms with Crippen LogP contribution in [-0.2, 0) is 18.8 Å². The molecule has 0 aliphatic heterocycles. The zero-order valence-electron chi connectivity index (χ0n) is 19.0. The van der Waals surface area contributed by atoms with Gasteiger partial charge in [-0.1, -0.05) is 54.6 Å². The molecule has 0 saturated heterocycles. The Morgan fingerprint density at radius 3 is 2.03 bits per heavy atom. The van der Waals surface area contributed by atoms with Gasteiger partial charge in [-0.2, -0.15) is 26.3 Å². The summed E-state index contributed by atoms with van der Waals surface area (Å²) in [6.45, 7) is 0. The predicted octanol–water partition coefficient (Wildman–Crippen LogP) is 8.36. The molecule has 0 spiro atoms. The fourth-order valence-electron chi connectivity index (χ4n) is 3.61. The Labute approximate surface area is 208 Å². The molecule has 1 amide bonds. The van der Waals surface area contributed by atoms with Crippen molar-refractivity contribution in [3.8, 4) is 11.5 Å². The number of carbonyl (C=O) groups excluding carboxylic acids is 1. The van der Waals surface area contributed by atoms with Crippen LogP contribution in [0.5, 0.6) is 11.5 Å². The molecule has 0 aliphatic rings. The summed E-state index contributed by atoms with van der Waals surface area (Å²) in [6, 6.07) is 22.5. The van der Waals surface area contributed by atoms with E-state index < -0.39 is 29.4 Å². The molecular weight excluding hydrogens is 496 g/mol. The molecule has 4 aromatic rings. The number of amides is 1. The fraction of sp³-hybridized carbons (Fsp3) is 0.107. The van der Waals surface area contributed by atoms with Crippen molar-refractivity contribution >= 4 is 11.6 Å². The Kier molecular flexibility index (Phi) is 7.24. The maximum absolute atomic E-state index is 13.4. The van der Waals surface area contributed by atoms with E-state index >= 15 is 0 Å². The van der Waals surface area contributed by atoms with Gasteiger partial charge in [0, 0.05) is 12.0 Å². The molecule has 3 nitrogen and oxygen atoms in total. The number of rotatable bonds is 6. The second-order valence-electron chi connectivity index (χ2n) is 8.11. The number of hydrogen-bond acceptors (Lipinski definition) is 2. The van der Waals surface area contributed by atoms with Gasteiger partial charge in [0.15, 0.2) is 5.75 Å². The Morgan fingerprint density at radius 1 is 0.676 bits per heavy atom. The first-order chi connectivity index (χ1) is 17.5. The first-order valence-corrected chi connectivity index (χ1v) is 11.0. The van der Waals surface area contributed by atoms with E-state index in [1.54, 1.807) is 24.3 Å². The molecule has 1 N–H and O–H groups in total. The van der Waals surface area contributed by atoms with Crippen LogP contribution in [0.1, 0.15) is 32.6 Å². The fourth-order valence-corrected chi connectivity index (χ4v) is 3.61. The maximum Gasteiger partial charge on any atom is 0.416 e. The van der Waals surface area contributed by atoms with Crippen LogP contribution in [0.2, 0.25) is 0 Å². The van der Waals surface area contributed by atoms with Gasteiger partial charge in [-0.3, -0.25) is 4.79 Å². The van der Waals surface area contributed by atoms with E-state index in [1.807, 2.05) is 30.3 Å². The Balaban J connectivity index is 1.68. The second kappa shape index (κ2) is 10.4. The van der Waals surface area contributed by atoms with Crippen LogP contribution in [0.25, 0.3) is 0 Å². The average molecular weight is 515 g/mol. The number of anilines is 1. The molecule has 0 aliphatic carbocycles. The van der Waals surface area contributed by atoms with E-state index in [4.69, 9.17) is 4.74 Å². The van der Waals surface area contributed by atoms with Crippen molar-refractivity contribution in [2.45, 2.75) is 18.8 Å².